The van der Waals surface area contributed by atoms with Crippen molar-refractivity contribution in [1.29, 1.82) is 0 Å². The lowest BCUT2D eigenvalue weighted by molar-refractivity contribution is -0.148. The summed E-state index contributed by atoms with van der Waals surface area (Å²) in [5.74, 6) is -0.888. The van der Waals surface area contributed by atoms with Crippen LogP contribution in [0.25, 0.3) is 0 Å². The van der Waals surface area contributed by atoms with Gasteiger partial charge in [0.15, 0.2) is 0 Å². The molecule has 0 spiro atoms. The first-order valence-corrected chi connectivity index (χ1v) is 8.23. The summed E-state index contributed by atoms with van der Waals surface area (Å²) < 4.78 is 0. The van der Waals surface area contributed by atoms with Crippen molar-refractivity contribution >= 4 is 11.8 Å². The van der Waals surface area contributed by atoms with Crippen LogP contribution in [0.2, 0.25) is 0 Å². The fraction of sp³-hybridized carbons (Fsp3) is 0.556. The summed E-state index contributed by atoms with van der Waals surface area (Å²) in [6.45, 7) is 4.35. The van der Waals surface area contributed by atoms with Crippen LogP contribution in [-0.4, -0.2) is 28.8 Å². The van der Waals surface area contributed by atoms with Gasteiger partial charge in [-0.25, -0.2) is 0 Å². The average molecular weight is 302 g/mol. The summed E-state index contributed by atoms with van der Waals surface area (Å²) in [6, 6.07) is 9.94. The molecule has 120 valence electrons. The number of rotatable bonds is 4. The van der Waals surface area contributed by atoms with Gasteiger partial charge in [0.1, 0.15) is 0 Å². The average Bonchev–Trinajstić information content (AvgIpc) is 2.53. The molecule has 0 saturated heterocycles. The van der Waals surface area contributed by atoms with Crippen LogP contribution in [0.15, 0.2) is 30.3 Å². The van der Waals surface area contributed by atoms with Crippen LogP contribution in [0.5, 0.6) is 0 Å². The molecule has 4 nitrogen and oxygen atoms in total. The van der Waals surface area contributed by atoms with E-state index in [1.54, 1.807) is 4.90 Å². The maximum absolute atomic E-state index is 12.5. The van der Waals surface area contributed by atoms with Crippen LogP contribution >= 0.6 is 0 Å². The molecule has 2 amide bonds. The topological polar surface area (TPSA) is 49.4 Å². The molecule has 0 bridgehead atoms. The van der Waals surface area contributed by atoms with Gasteiger partial charge < -0.3 is 10.2 Å². The Hall–Kier alpha value is -1.84. The second-order valence-electron chi connectivity index (χ2n) is 6.32. The van der Waals surface area contributed by atoms with Gasteiger partial charge in [0.05, 0.1) is 0 Å². The van der Waals surface area contributed by atoms with Crippen molar-refractivity contribution in [2.45, 2.75) is 64.6 Å². The molecule has 0 aliphatic heterocycles. The zero-order valence-electron chi connectivity index (χ0n) is 13.5. The summed E-state index contributed by atoms with van der Waals surface area (Å²) in [4.78, 5) is 26.4. The van der Waals surface area contributed by atoms with E-state index in [0.29, 0.717) is 6.54 Å². The highest BCUT2D eigenvalue weighted by atomic mass is 16.2. The third-order valence-corrected chi connectivity index (χ3v) is 4.21. The van der Waals surface area contributed by atoms with E-state index in [1.807, 2.05) is 44.2 Å². The Kier molecular flexibility index (Phi) is 5.99. The number of nitrogens with zero attached hydrogens (tertiary/aromatic N) is 1. The number of hydrogen-bond acceptors (Lipinski definition) is 2. The Labute approximate surface area is 132 Å². The van der Waals surface area contributed by atoms with Gasteiger partial charge in [-0.05, 0) is 32.3 Å². The minimum atomic E-state index is -0.462. The molecule has 4 heteroatoms. The molecule has 0 radical (unpaired) electrons. The third kappa shape index (κ3) is 4.58. The van der Waals surface area contributed by atoms with Crippen molar-refractivity contribution in [1.82, 2.24) is 10.2 Å². The van der Waals surface area contributed by atoms with Crippen molar-refractivity contribution in [2.24, 2.45) is 0 Å². The Morgan fingerprint density at radius 3 is 2.36 bits per heavy atom. The fourth-order valence-electron chi connectivity index (χ4n) is 2.89. The molecule has 1 aromatic rings. The van der Waals surface area contributed by atoms with E-state index < -0.39 is 11.8 Å². The molecule has 1 aromatic carbocycles. The quantitative estimate of drug-likeness (QED) is 0.869. The standard InChI is InChI=1S/C18H26N2O2/c1-14(2)20(13-15-9-5-3-6-10-15)18(22)17(21)19-16-11-7-4-8-12-16/h3,5-6,9-10,14,16H,4,7-8,11-13H2,1-2H3,(H,19,21). The van der Waals surface area contributed by atoms with Gasteiger partial charge in [-0.1, -0.05) is 49.6 Å². The summed E-state index contributed by atoms with van der Waals surface area (Å²) in [7, 11) is 0. The Balaban J connectivity index is 1.97. The first-order chi connectivity index (χ1) is 10.6. The summed E-state index contributed by atoms with van der Waals surface area (Å²) in [5.41, 5.74) is 1.04. The van der Waals surface area contributed by atoms with Crippen LogP contribution in [0, 0.1) is 0 Å². The predicted octanol–water partition coefficient (Wildman–Crippen LogP) is 2.87. The van der Waals surface area contributed by atoms with E-state index in [0.717, 1.165) is 31.2 Å². The van der Waals surface area contributed by atoms with Gasteiger partial charge in [-0.3, -0.25) is 9.59 Å². The third-order valence-electron chi connectivity index (χ3n) is 4.21. The SMILES string of the molecule is CC(C)N(Cc1ccccc1)C(=O)C(=O)NC1CCCCC1. The smallest absolute Gasteiger partial charge is 0.312 e. The maximum atomic E-state index is 12.5. The Morgan fingerprint density at radius 1 is 1.14 bits per heavy atom. The van der Waals surface area contributed by atoms with Crippen molar-refractivity contribution in [3.8, 4) is 0 Å². The molecular formula is C18H26N2O2. The Morgan fingerprint density at radius 2 is 1.77 bits per heavy atom. The van der Waals surface area contributed by atoms with E-state index in [4.69, 9.17) is 0 Å². The normalized spacial score (nSPS) is 15.6. The number of amides is 2. The minimum Gasteiger partial charge on any atom is -0.345 e. The van der Waals surface area contributed by atoms with E-state index in [9.17, 15) is 9.59 Å². The van der Waals surface area contributed by atoms with E-state index in [2.05, 4.69) is 5.32 Å². The molecule has 0 aromatic heterocycles. The lowest BCUT2D eigenvalue weighted by Crippen LogP contribution is -2.48. The van der Waals surface area contributed by atoms with Gasteiger partial charge in [0.25, 0.3) is 0 Å². The number of nitrogens with one attached hydrogen (secondary N) is 1. The molecule has 1 saturated carbocycles. The number of hydrogen-bond donors (Lipinski definition) is 1. The lowest BCUT2D eigenvalue weighted by Gasteiger charge is -2.28. The van der Waals surface area contributed by atoms with Crippen molar-refractivity contribution in [3.05, 3.63) is 35.9 Å². The van der Waals surface area contributed by atoms with Crippen LogP contribution in [-0.2, 0) is 16.1 Å². The summed E-state index contributed by atoms with van der Waals surface area (Å²) in [5, 5.41) is 2.91. The van der Waals surface area contributed by atoms with E-state index in [1.165, 1.54) is 6.42 Å². The first-order valence-electron chi connectivity index (χ1n) is 8.23. The fourth-order valence-corrected chi connectivity index (χ4v) is 2.89. The summed E-state index contributed by atoms with van der Waals surface area (Å²) >= 11 is 0. The van der Waals surface area contributed by atoms with E-state index >= 15 is 0 Å². The maximum Gasteiger partial charge on any atom is 0.312 e. The molecule has 1 aliphatic carbocycles. The van der Waals surface area contributed by atoms with E-state index in [-0.39, 0.29) is 12.1 Å². The zero-order valence-corrected chi connectivity index (χ0v) is 13.5. The molecule has 2 rings (SSSR count). The highest BCUT2D eigenvalue weighted by Crippen LogP contribution is 2.17. The first kappa shape index (κ1) is 16.5. The minimum absolute atomic E-state index is 0.00943. The number of benzene rings is 1. The van der Waals surface area contributed by atoms with Gasteiger partial charge in [-0.2, -0.15) is 0 Å². The predicted molar refractivity (Wildman–Crippen MR) is 87.1 cm³/mol. The highest BCUT2D eigenvalue weighted by molar-refractivity contribution is 6.35. The molecule has 1 N–H and O–H groups in total. The van der Waals surface area contributed by atoms with Crippen molar-refractivity contribution < 1.29 is 9.59 Å². The zero-order chi connectivity index (χ0) is 15.9. The molecule has 0 heterocycles. The second-order valence-corrected chi connectivity index (χ2v) is 6.32. The van der Waals surface area contributed by atoms with Crippen LogP contribution in [0.1, 0.15) is 51.5 Å². The second kappa shape index (κ2) is 7.97. The highest BCUT2D eigenvalue weighted by Gasteiger charge is 2.26. The molecule has 0 atom stereocenters. The van der Waals surface area contributed by atoms with Crippen molar-refractivity contribution in [3.63, 3.8) is 0 Å². The van der Waals surface area contributed by atoms with Gasteiger partial charge >= 0.3 is 11.8 Å². The number of carbonyl (C=O) groups is 2. The summed E-state index contributed by atoms with van der Waals surface area (Å²) in [6.07, 6.45) is 5.47. The van der Waals surface area contributed by atoms with Crippen LogP contribution in [0.4, 0.5) is 0 Å². The molecular weight excluding hydrogens is 276 g/mol. The van der Waals surface area contributed by atoms with Gasteiger partial charge in [0, 0.05) is 18.6 Å². The largest absolute Gasteiger partial charge is 0.345 e. The van der Waals surface area contributed by atoms with Crippen LogP contribution in [0.3, 0.4) is 0 Å². The van der Waals surface area contributed by atoms with Gasteiger partial charge in [0.2, 0.25) is 0 Å². The molecule has 0 unspecified atom stereocenters. The van der Waals surface area contributed by atoms with Crippen molar-refractivity contribution in [2.75, 3.05) is 0 Å². The monoisotopic (exact) mass is 302 g/mol. The number of carbonyl (C=O) groups excluding carboxylic acids is 2. The van der Waals surface area contributed by atoms with Gasteiger partial charge in [-0.15, -0.1) is 0 Å². The molecule has 1 fully saturated rings. The Bertz CT molecular complexity index is 493. The molecule has 22 heavy (non-hydrogen) atoms. The molecule has 1 aliphatic rings. The van der Waals surface area contributed by atoms with Crippen LogP contribution < -0.4 is 5.32 Å². The lowest BCUT2D eigenvalue weighted by atomic mass is 9.95.